The zero-order valence-electron chi connectivity index (χ0n) is 16.6. The van der Waals surface area contributed by atoms with Crippen molar-refractivity contribution in [2.24, 2.45) is 11.7 Å². The van der Waals surface area contributed by atoms with Crippen molar-refractivity contribution >= 4 is 17.0 Å². The number of nitrogens with zero attached hydrogens (tertiary/aromatic N) is 3. The highest BCUT2D eigenvalue weighted by atomic mass is 19.1. The second-order valence-electron chi connectivity index (χ2n) is 7.43. The van der Waals surface area contributed by atoms with E-state index < -0.39 is 0 Å². The van der Waals surface area contributed by atoms with Crippen molar-refractivity contribution in [2.75, 3.05) is 13.6 Å². The molecule has 1 atom stereocenters. The van der Waals surface area contributed by atoms with Crippen LogP contribution in [0.3, 0.4) is 0 Å². The lowest BCUT2D eigenvalue weighted by Gasteiger charge is -2.22. The molecule has 1 unspecified atom stereocenters. The number of pyridine rings is 1. The number of aromatic nitrogens is 2. The monoisotopic (exact) mass is 384 g/mol. The van der Waals surface area contributed by atoms with Gasteiger partial charge in [-0.25, -0.2) is 9.37 Å². The topological polar surface area (TPSA) is 85.2 Å². The predicted molar refractivity (Wildman–Crippen MR) is 106 cm³/mol. The van der Waals surface area contributed by atoms with Gasteiger partial charge in [0.05, 0.1) is 22.3 Å². The number of rotatable bonds is 6. The lowest BCUT2D eigenvalue weighted by Crippen LogP contribution is -2.34. The zero-order chi connectivity index (χ0) is 20.4. The van der Waals surface area contributed by atoms with Gasteiger partial charge in [-0.05, 0) is 49.6 Å². The van der Waals surface area contributed by atoms with Crippen molar-refractivity contribution in [3.63, 3.8) is 0 Å². The van der Waals surface area contributed by atoms with Crippen LogP contribution in [0.4, 0.5) is 4.39 Å². The van der Waals surface area contributed by atoms with E-state index in [-0.39, 0.29) is 23.5 Å². The van der Waals surface area contributed by atoms with Gasteiger partial charge in [-0.2, -0.15) is 0 Å². The zero-order valence-corrected chi connectivity index (χ0v) is 16.6. The number of benzene rings is 1. The van der Waals surface area contributed by atoms with Crippen LogP contribution in [0.2, 0.25) is 0 Å². The summed E-state index contributed by atoms with van der Waals surface area (Å²) in [7, 11) is 1.75. The van der Waals surface area contributed by atoms with Crippen LogP contribution in [0.1, 0.15) is 36.3 Å². The van der Waals surface area contributed by atoms with Crippen LogP contribution in [0, 0.1) is 18.7 Å². The maximum atomic E-state index is 13.3. The van der Waals surface area contributed by atoms with Gasteiger partial charge in [0.25, 0.3) is 11.6 Å². The number of carbonyl (C=O) groups is 1. The fourth-order valence-corrected chi connectivity index (χ4v) is 3.02. The van der Waals surface area contributed by atoms with E-state index >= 15 is 0 Å². The molecule has 0 spiro atoms. The first-order chi connectivity index (χ1) is 13.3. The summed E-state index contributed by atoms with van der Waals surface area (Å²) < 4.78 is 18.6. The highest BCUT2D eigenvalue weighted by Gasteiger charge is 2.22. The number of amides is 1. The van der Waals surface area contributed by atoms with Gasteiger partial charge in [0.15, 0.2) is 0 Å². The molecule has 2 heterocycles. The maximum absolute atomic E-state index is 13.3. The van der Waals surface area contributed by atoms with E-state index in [9.17, 15) is 9.18 Å². The highest BCUT2D eigenvalue weighted by molar-refractivity contribution is 6.06. The van der Waals surface area contributed by atoms with E-state index in [0.717, 1.165) is 0 Å². The Morgan fingerprint density at radius 2 is 1.96 bits per heavy atom. The van der Waals surface area contributed by atoms with Crippen LogP contribution < -0.4 is 5.73 Å². The molecule has 0 aliphatic heterocycles. The van der Waals surface area contributed by atoms with Crippen LogP contribution in [-0.2, 0) is 0 Å². The smallest absolute Gasteiger partial charge is 0.259 e. The second kappa shape index (κ2) is 8.06. The number of nitrogens with two attached hydrogens (primary N) is 1. The number of hydrogen-bond donors (Lipinski definition) is 1. The van der Waals surface area contributed by atoms with Gasteiger partial charge in [-0.3, -0.25) is 4.79 Å². The summed E-state index contributed by atoms with van der Waals surface area (Å²) in [5.41, 5.74) is 8.68. The van der Waals surface area contributed by atoms with Crippen LogP contribution in [-0.4, -0.2) is 40.6 Å². The third kappa shape index (κ3) is 4.04. The van der Waals surface area contributed by atoms with Gasteiger partial charge in [-0.15, -0.1) is 0 Å². The molecule has 3 rings (SSSR count). The summed E-state index contributed by atoms with van der Waals surface area (Å²) in [6, 6.07) is 7.68. The summed E-state index contributed by atoms with van der Waals surface area (Å²) in [5.74, 6) is -0.141. The Labute approximate surface area is 163 Å². The molecule has 148 valence electrons. The minimum atomic E-state index is -0.335. The van der Waals surface area contributed by atoms with Crippen molar-refractivity contribution in [1.82, 2.24) is 15.0 Å². The lowest BCUT2D eigenvalue weighted by atomic mass is 10.0. The van der Waals surface area contributed by atoms with Crippen molar-refractivity contribution in [3.8, 4) is 11.3 Å². The molecule has 28 heavy (non-hydrogen) atoms. The third-order valence-electron chi connectivity index (χ3n) is 4.99. The van der Waals surface area contributed by atoms with Gasteiger partial charge in [0.1, 0.15) is 5.82 Å². The molecule has 0 saturated carbocycles. The Hall–Kier alpha value is -2.80. The predicted octanol–water partition coefficient (Wildman–Crippen LogP) is 3.78. The van der Waals surface area contributed by atoms with Crippen LogP contribution >= 0.6 is 0 Å². The summed E-state index contributed by atoms with van der Waals surface area (Å²) in [6.07, 6.45) is 0.710. The van der Waals surface area contributed by atoms with Crippen molar-refractivity contribution in [2.45, 2.75) is 33.2 Å². The standard InChI is InChI=1S/C21H25FN4O2/c1-12(2)17(23)9-10-26(4)21(27)16-11-18(14-5-7-15(22)8-6-14)24-20-19(16)13(3)25-28-20/h5-8,11-12,17H,9-10,23H2,1-4H3. The first-order valence-electron chi connectivity index (χ1n) is 9.32. The second-order valence-corrected chi connectivity index (χ2v) is 7.43. The van der Waals surface area contributed by atoms with E-state index in [1.165, 1.54) is 12.1 Å². The average molecular weight is 384 g/mol. The molecule has 2 N–H and O–H groups in total. The van der Waals surface area contributed by atoms with Crippen molar-refractivity contribution in [1.29, 1.82) is 0 Å². The van der Waals surface area contributed by atoms with Crippen molar-refractivity contribution < 1.29 is 13.7 Å². The third-order valence-corrected chi connectivity index (χ3v) is 4.99. The molecule has 3 aromatic rings. The Morgan fingerprint density at radius 1 is 1.29 bits per heavy atom. The average Bonchev–Trinajstić information content (AvgIpc) is 3.06. The van der Waals surface area contributed by atoms with Crippen LogP contribution in [0.25, 0.3) is 22.4 Å². The molecule has 0 aliphatic carbocycles. The first-order valence-corrected chi connectivity index (χ1v) is 9.32. The van der Waals surface area contributed by atoms with Gasteiger partial charge >= 0.3 is 0 Å². The molecule has 6 nitrogen and oxygen atoms in total. The maximum Gasteiger partial charge on any atom is 0.259 e. The normalized spacial score (nSPS) is 12.5. The number of aryl methyl sites for hydroxylation is 1. The Kier molecular flexibility index (Phi) is 5.74. The summed E-state index contributed by atoms with van der Waals surface area (Å²) >= 11 is 0. The largest absolute Gasteiger partial charge is 0.342 e. The summed E-state index contributed by atoms with van der Waals surface area (Å²) in [4.78, 5) is 19.3. The van der Waals surface area contributed by atoms with Gasteiger partial charge in [0.2, 0.25) is 0 Å². The van der Waals surface area contributed by atoms with Crippen LogP contribution in [0.5, 0.6) is 0 Å². The molecule has 2 aromatic heterocycles. The number of hydrogen-bond acceptors (Lipinski definition) is 5. The molecule has 1 aromatic carbocycles. The van der Waals surface area contributed by atoms with E-state index in [4.69, 9.17) is 10.3 Å². The van der Waals surface area contributed by atoms with Gasteiger partial charge in [0, 0.05) is 25.2 Å². The molecule has 0 saturated heterocycles. The number of carbonyl (C=O) groups excluding carboxylic acids is 1. The fraction of sp³-hybridized carbons (Fsp3) is 0.381. The SMILES string of the molecule is Cc1noc2nc(-c3ccc(F)cc3)cc(C(=O)N(C)CCC(N)C(C)C)c12. The minimum absolute atomic E-state index is 0.0276. The molecule has 0 fully saturated rings. The summed E-state index contributed by atoms with van der Waals surface area (Å²) in [6.45, 7) is 6.44. The molecular formula is C21H25FN4O2. The van der Waals surface area contributed by atoms with Gasteiger partial charge < -0.3 is 15.2 Å². The molecule has 0 radical (unpaired) electrons. The highest BCUT2D eigenvalue weighted by Crippen LogP contribution is 2.28. The van der Waals surface area contributed by atoms with Crippen molar-refractivity contribution in [3.05, 3.63) is 47.4 Å². The number of halogens is 1. The molecule has 1 amide bonds. The Morgan fingerprint density at radius 3 is 2.61 bits per heavy atom. The Bertz CT molecular complexity index is 982. The van der Waals surface area contributed by atoms with Crippen LogP contribution in [0.15, 0.2) is 34.9 Å². The van der Waals surface area contributed by atoms with E-state index in [2.05, 4.69) is 24.0 Å². The Balaban J connectivity index is 1.97. The lowest BCUT2D eigenvalue weighted by molar-refractivity contribution is 0.0791. The molecular weight excluding hydrogens is 359 g/mol. The van der Waals surface area contributed by atoms with E-state index in [1.807, 2.05) is 0 Å². The molecule has 0 bridgehead atoms. The van der Waals surface area contributed by atoms with E-state index in [0.29, 0.717) is 46.8 Å². The molecule has 0 aliphatic rings. The summed E-state index contributed by atoms with van der Waals surface area (Å²) in [5, 5.41) is 4.55. The molecule has 7 heteroatoms. The quantitative estimate of drug-likeness (QED) is 0.699. The number of fused-ring (bicyclic) bond motifs is 1. The van der Waals surface area contributed by atoms with Gasteiger partial charge in [-0.1, -0.05) is 19.0 Å². The van der Waals surface area contributed by atoms with E-state index in [1.54, 1.807) is 37.1 Å². The first kappa shape index (κ1) is 19.9. The minimum Gasteiger partial charge on any atom is -0.342 e. The fourth-order valence-electron chi connectivity index (χ4n) is 3.02.